The molecule has 0 aliphatic carbocycles. The van der Waals surface area contributed by atoms with Crippen LogP contribution in [0.3, 0.4) is 0 Å². The van der Waals surface area contributed by atoms with Crippen LogP contribution in [0.25, 0.3) is 0 Å². The fourth-order valence-corrected chi connectivity index (χ4v) is 1.73. The molecule has 0 heterocycles. The molecular formula is C11H27N3. The molecule has 0 saturated carbocycles. The third-order valence-electron chi connectivity index (χ3n) is 2.51. The van der Waals surface area contributed by atoms with Gasteiger partial charge in [-0.25, -0.2) is 0 Å². The van der Waals surface area contributed by atoms with Crippen molar-refractivity contribution in [1.29, 1.82) is 0 Å². The van der Waals surface area contributed by atoms with Crippen molar-refractivity contribution < 1.29 is 0 Å². The Morgan fingerprint density at radius 3 is 1.64 bits per heavy atom. The highest BCUT2D eigenvalue weighted by Crippen LogP contribution is 2.08. The summed E-state index contributed by atoms with van der Waals surface area (Å²) < 4.78 is 0. The molecule has 0 spiro atoms. The highest BCUT2D eigenvalue weighted by molar-refractivity contribution is 4.63. The Kier molecular flexibility index (Phi) is 7.15. The lowest BCUT2D eigenvalue weighted by Gasteiger charge is -2.30. The molecule has 0 aliphatic heterocycles. The first kappa shape index (κ1) is 13.9. The van der Waals surface area contributed by atoms with E-state index < -0.39 is 0 Å². The molecule has 0 aromatic carbocycles. The molecule has 0 N–H and O–H groups in total. The minimum atomic E-state index is 0.581. The highest BCUT2D eigenvalue weighted by Gasteiger charge is 2.12. The van der Waals surface area contributed by atoms with Crippen LogP contribution in [0, 0.1) is 0 Å². The monoisotopic (exact) mass is 201 g/mol. The molecule has 3 nitrogen and oxygen atoms in total. The quantitative estimate of drug-likeness (QED) is 0.452. The largest absolute Gasteiger partial charge is 0.309 e. The predicted molar refractivity (Wildman–Crippen MR) is 63.6 cm³/mol. The molecule has 86 valence electrons. The maximum absolute atomic E-state index is 2.29. The average Bonchev–Trinajstić information content (AvgIpc) is 2.01. The lowest BCUT2D eigenvalue weighted by Crippen LogP contribution is -2.40. The first-order valence-electron chi connectivity index (χ1n) is 5.42. The molecule has 3 heteroatoms. The average molecular weight is 201 g/mol. The summed E-state index contributed by atoms with van der Waals surface area (Å²) in [5.74, 6) is 0. The van der Waals surface area contributed by atoms with Crippen LogP contribution >= 0.6 is 0 Å². The maximum Gasteiger partial charge on any atom is 0.0612 e. The summed E-state index contributed by atoms with van der Waals surface area (Å²) in [4.78, 5) is 6.83. The first-order chi connectivity index (χ1) is 6.45. The Hall–Kier alpha value is -0.120. The Balaban J connectivity index is 3.62. The van der Waals surface area contributed by atoms with Crippen molar-refractivity contribution in [3.05, 3.63) is 0 Å². The molecule has 0 rings (SSSR count). The van der Waals surface area contributed by atoms with Gasteiger partial charge in [-0.15, -0.1) is 0 Å². The second kappa shape index (κ2) is 7.21. The molecule has 0 aliphatic rings. The van der Waals surface area contributed by atoms with Crippen LogP contribution in [-0.4, -0.2) is 69.7 Å². The first-order valence-corrected chi connectivity index (χ1v) is 5.42. The molecular weight excluding hydrogens is 174 g/mol. The summed E-state index contributed by atoms with van der Waals surface area (Å²) in [5.41, 5.74) is 0. The van der Waals surface area contributed by atoms with Gasteiger partial charge in [0, 0.05) is 0 Å². The SMILES string of the molecule is CN(C)CCCCC(N(C)C)N(C)C. The van der Waals surface area contributed by atoms with Gasteiger partial charge in [-0.1, -0.05) is 0 Å². The lowest BCUT2D eigenvalue weighted by atomic mass is 10.2. The van der Waals surface area contributed by atoms with Gasteiger partial charge >= 0.3 is 0 Å². The maximum atomic E-state index is 2.29. The Labute approximate surface area is 89.7 Å². The molecule has 0 atom stereocenters. The van der Waals surface area contributed by atoms with Crippen LogP contribution in [0.2, 0.25) is 0 Å². The Morgan fingerprint density at radius 1 is 0.786 bits per heavy atom. The molecule has 0 aromatic heterocycles. The van der Waals surface area contributed by atoms with Gasteiger partial charge in [-0.05, 0) is 68.1 Å². The minimum Gasteiger partial charge on any atom is -0.309 e. The Bertz CT molecular complexity index is 124. The van der Waals surface area contributed by atoms with E-state index in [1.165, 1.54) is 25.8 Å². The fourth-order valence-electron chi connectivity index (χ4n) is 1.73. The van der Waals surface area contributed by atoms with Crippen LogP contribution in [0.4, 0.5) is 0 Å². The van der Waals surface area contributed by atoms with Crippen LogP contribution < -0.4 is 0 Å². The van der Waals surface area contributed by atoms with Gasteiger partial charge in [0.25, 0.3) is 0 Å². The molecule has 0 radical (unpaired) electrons. The highest BCUT2D eigenvalue weighted by atomic mass is 15.3. The van der Waals surface area contributed by atoms with Crippen molar-refractivity contribution in [3.63, 3.8) is 0 Å². The number of hydrogen-bond donors (Lipinski definition) is 0. The van der Waals surface area contributed by atoms with E-state index in [0.29, 0.717) is 6.17 Å². The van der Waals surface area contributed by atoms with Gasteiger partial charge < -0.3 is 4.90 Å². The van der Waals surface area contributed by atoms with E-state index in [2.05, 4.69) is 57.0 Å². The van der Waals surface area contributed by atoms with Crippen LogP contribution in [-0.2, 0) is 0 Å². The lowest BCUT2D eigenvalue weighted by molar-refractivity contribution is 0.116. The Morgan fingerprint density at radius 2 is 1.29 bits per heavy atom. The number of rotatable bonds is 7. The number of nitrogens with zero attached hydrogens (tertiary/aromatic N) is 3. The minimum absolute atomic E-state index is 0.581. The van der Waals surface area contributed by atoms with E-state index in [9.17, 15) is 0 Å². The van der Waals surface area contributed by atoms with Crippen LogP contribution in [0.5, 0.6) is 0 Å². The zero-order valence-electron chi connectivity index (χ0n) is 10.7. The predicted octanol–water partition coefficient (Wildman–Crippen LogP) is 1.17. The van der Waals surface area contributed by atoms with E-state index in [1.807, 2.05) is 0 Å². The van der Waals surface area contributed by atoms with E-state index in [1.54, 1.807) is 0 Å². The van der Waals surface area contributed by atoms with Gasteiger partial charge in [0.05, 0.1) is 6.17 Å². The van der Waals surface area contributed by atoms with Crippen LogP contribution in [0.15, 0.2) is 0 Å². The molecule has 0 aromatic rings. The van der Waals surface area contributed by atoms with Gasteiger partial charge in [-0.3, -0.25) is 9.80 Å². The van der Waals surface area contributed by atoms with Crippen LogP contribution in [0.1, 0.15) is 19.3 Å². The van der Waals surface area contributed by atoms with E-state index >= 15 is 0 Å². The van der Waals surface area contributed by atoms with E-state index in [4.69, 9.17) is 0 Å². The topological polar surface area (TPSA) is 9.72 Å². The third kappa shape index (κ3) is 6.35. The van der Waals surface area contributed by atoms with Gasteiger partial charge in [0.2, 0.25) is 0 Å². The number of unbranched alkanes of at least 4 members (excludes halogenated alkanes) is 1. The summed E-state index contributed by atoms with van der Waals surface area (Å²) in [6.07, 6.45) is 4.44. The van der Waals surface area contributed by atoms with Crippen molar-refractivity contribution in [1.82, 2.24) is 14.7 Å². The molecule has 0 amide bonds. The summed E-state index contributed by atoms with van der Waals surface area (Å²) in [6, 6.07) is 0. The number of hydrogen-bond acceptors (Lipinski definition) is 3. The summed E-state index contributed by atoms with van der Waals surface area (Å²) >= 11 is 0. The molecule has 0 fully saturated rings. The van der Waals surface area contributed by atoms with Crippen molar-refractivity contribution in [3.8, 4) is 0 Å². The van der Waals surface area contributed by atoms with Crippen molar-refractivity contribution >= 4 is 0 Å². The summed E-state index contributed by atoms with van der Waals surface area (Å²) in [6.45, 7) is 1.20. The standard InChI is InChI=1S/C11H27N3/c1-12(2)10-8-7-9-11(13(3)4)14(5)6/h11H,7-10H2,1-6H3. The van der Waals surface area contributed by atoms with E-state index in [0.717, 1.165) is 0 Å². The molecule has 0 unspecified atom stereocenters. The van der Waals surface area contributed by atoms with Gasteiger partial charge in [0.15, 0.2) is 0 Å². The molecule has 0 bridgehead atoms. The fraction of sp³-hybridized carbons (Fsp3) is 1.00. The van der Waals surface area contributed by atoms with Crippen molar-refractivity contribution in [2.24, 2.45) is 0 Å². The van der Waals surface area contributed by atoms with Crippen molar-refractivity contribution in [2.75, 3.05) is 48.8 Å². The third-order valence-corrected chi connectivity index (χ3v) is 2.51. The zero-order chi connectivity index (χ0) is 11.1. The normalized spacial score (nSPS) is 12.4. The van der Waals surface area contributed by atoms with E-state index in [-0.39, 0.29) is 0 Å². The summed E-state index contributed by atoms with van der Waals surface area (Å²) in [5, 5.41) is 0. The molecule has 14 heavy (non-hydrogen) atoms. The second-order valence-electron chi connectivity index (χ2n) is 4.71. The summed E-state index contributed by atoms with van der Waals surface area (Å²) in [7, 11) is 12.9. The van der Waals surface area contributed by atoms with Crippen molar-refractivity contribution in [2.45, 2.75) is 25.4 Å². The van der Waals surface area contributed by atoms with Gasteiger partial charge in [-0.2, -0.15) is 0 Å². The second-order valence-corrected chi connectivity index (χ2v) is 4.71. The smallest absolute Gasteiger partial charge is 0.0612 e. The zero-order valence-corrected chi connectivity index (χ0v) is 10.7. The van der Waals surface area contributed by atoms with Gasteiger partial charge in [0.1, 0.15) is 0 Å². The molecule has 0 saturated heterocycles.